The molecule has 214 valence electrons. The molecule has 3 rings (SSSR count). The second-order valence-corrected chi connectivity index (χ2v) is 9.54. The summed E-state index contributed by atoms with van der Waals surface area (Å²) in [5.74, 6) is -4.59. The van der Waals surface area contributed by atoms with Gasteiger partial charge in [-0.25, -0.2) is 9.59 Å². The number of phenolic OH excluding ortho intramolecular Hbond substituents is 1. The number of cyclic esters (lactones) is 2. The molecule has 0 unspecified atom stereocenters. The maximum atomic E-state index is 13.4. The number of ether oxygens (including phenoxy) is 3. The Hall–Kier alpha value is -4.41. The molecule has 11 nitrogen and oxygen atoms in total. The summed E-state index contributed by atoms with van der Waals surface area (Å²) in [6, 6.07) is 10.9. The highest BCUT2D eigenvalue weighted by Gasteiger charge is 2.44. The van der Waals surface area contributed by atoms with Crippen LogP contribution in [-0.4, -0.2) is 59.7 Å². The molecule has 3 N–H and O–H groups in total. The van der Waals surface area contributed by atoms with Crippen LogP contribution in [0.1, 0.15) is 67.2 Å². The van der Waals surface area contributed by atoms with Gasteiger partial charge in [-0.15, -0.1) is 0 Å². The molecular formula is C29H34N2O9. The molecule has 0 spiro atoms. The fourth-order valence-electron chi connectivity index (χ4n) is 4.46. The fourth-order valence-corrected chi connectivity index (χ4v) is 4.46. The largest absolute Gasteiger partial charge is 0.505 e. The number of carbonyl (C=O) groups is 5. The van der Waals surface area contributed by atoms with Crippen molar-refractivity contribution in [3.05, 3.63) is 59.7 Å². The first-order chi connectivity index (χ1) is 19.2. The number of aromatic hydroxyl groups is 1. The van der Waals surface area contributed by atoms with E-state index >= 15 is 0 Å². The van der Waals surface area contributed by atoms with Crippen molar-refractivity contribution < 1.29 is 43.3 Å². The quantitative estimate of drug-likeness (QED) is 0.132. The number of amides is 2. The smallest absolute Gasteiger partial charge is 0.338 e. The van der Waals surface area contributed by atoms with Gasteiger partial charge < -0.3 is 30.0 Å². The number of hydrogen-bond donors (Lipinski definition) is 3. The van der Waals surface area contributed by atoms with Crippen LogP contribution in [0, 0.1) is 5.92 Å². The molecule has 2 amide bonds. The van der Waals surface area contributed by atoms with Crippen LogP contribution in [0.4, 0.5) is 5.69 Å². The van der Waals surface area contributed by atoms with E-state index in [0.29, 0.717) is 19.3 Å². The van der Waals surface area contributed by atoms with Crippen LogP contribution in [0.3, 0.4) is 0 Å². The van der Waals surface area contributed by atoms with Crippen LogP contribution >= 0.6 is 0 Å². The highest BCUT2D eigenvalue weighted by atomic mass is 16.6. The third-order valence-corrected chi connectivity index (χ3v) is 6.64. The predicted molar refractivity (Wildman–Crippen MR) is 143 cm³/mol. The van der Waals surface area contributed by atoms with Gasteiger partial charge in [0.2, 0.25) is 6.41 Å². The molecule has 0 aromatic heterocycles. The minimum absolute atomic E-state index is 0.00853. The van der Waals surface area contributed by atoms with E-state index in [1.807, 2.05) is 6.92 Å². The van der Waals surface area contributed by atoms with Crippen LogP contribution in [0.15, 0.2) is 48.5 Å². The Morgan fingerprint density at radius 1 is 0.975 bits per heavy atom. The Morgan fingerprint density at radius 2 is 1.68 bits per heavy atom. The molecule has 1 heterocycles. The number of benzene rings is 2. The van der Waals surface area contributed by atoms with Gasteiger partial charge in [-0.05, 0) is 44.5 Å². The molecule has 5 atom stereocenters. The van der Waals surface area contributed by atoms with Crippen molar-refractivity contribution in [3.63, 3.8) is 0 Å². The van der Waals surface area contributed by atoms with E-state index in [4.69, 9.17) is 14.2 Å². The van der Waals surface area contributed by atoms with Crippen molar-refractivity contribution in [2.24, 2.45) is 5.92 Å². The Balaban J connectivity index is 1.89. The monoisotopic (exact) mass is 554 g/mol. The minimum atomic E-state index is -1.44. The summed E-state index contributed by atoms with van der Waals surface area (Å²) in [5.41, 5.74) is 0.0372. The van der Waals surface area contributed by atoms with Gasteiger partial charge in [0.1, 0.15) is 12.2 Å². The van der Waals surface area contributed by atoms with Gasteiger partial charge in [-0.1, -0.05) is 50.5 Å². The summed E-state index contributed by atoms with van der Waals surface area (Å²) < 4.78 is 17.0. The Labute approximate surface area is 232 Å². The molecule has 1 aliphatic rings. The maximum Gasteiger partial charge on any atom is 0.338 e. The lowest BCUT2D eigenvalue weighted by Crippen LogP contribution is -2.50. The number of phenols is 1. The lowest BCUT2D eigenvalue weighted by molar-refractivity contribution is -0.160. The summed E-state index contributed by atoms with van der Waals surface area (Å²) >= 11 is 0. The summed E-state index contributed by atoms with van der Waals surface area (Å²) in [4.78, 5) is 63.4. The second-order valence-electron chi connectivity index (χ2n) is 9.54. The zero-order valence-electron chi connectivity index (χ0n) is 22.6. The summed E-state index contributed by atoms with van der Waals surface area (Å²) in [7, 11) is 0. The van der Waals surface area contributed by atoms with Crippen molar-refractivity contribution in [2.75, 3.05) is 5.32 Å². The van der Waals surface area contributed by atoms with E-state index in [1.54, 1.807) is 30.3 Å². The molecular weight excluding hydrogens is 520 g/mol. The zero-order valence-corrected chi connectivity index (χ0v) is 22.6. The van der Waals surface area contributed by atoms with Gasteiger partial charge >= 0.3 is 17.9 Å². The van der Waals surface area contributed by atoms with Crippen molar-refractivity contribution in [3.8, 4) is 5.75 Å². The van der Waals surface area contributed by atoms with Gasteiger partial charge in [0.05, 0.1) is 22.7 Å². The average molecular weight is 555 g/mol. The van der Waals surface area contributed by atoms with Gasteiger partial charge in [-0.3, -0.25) is 14.4 Å². The van der Waals surface area contributed by atoms with Crippen molar-refractivity contribution in [2.45, 2.75) is 70.8 Å². The number of rotatable bonds is 10. The lowest BCUT2D eigenvalue weighted by atomic mass is 9.92. The number of nitrogens with one attached hydrogen (secondary N) is 2. The molecule has 2 aromatic carbocycles. The molecule has 0 bridgehead atoms. The zero-order chi connectivity index (χ0) is 29.2. The number of para-hydroxylation sites is 1. The summed E-state index contributed by atoms with van der Waals surface area (Å²) in [5, 5.41) is 15.1. The van der Waals surface area contributed by atoms with Crippen LogP contribution < -0.4 is 10.6 Å². The normalized spacial score (nSPS) is 22.9. The molecule has 1 fully saturated rings. The number of esters is 3. The van der Waals surface area contributed by atoms with Crippen LogP contribution in [0.5, 0.6) is 5.75 Å². The van der Waals surface area contributed by atoms with Gasteiger partial charge in [-0.2, -0.15) is 0 Å². The Kier molecular flexibility index (Phi) is 10.6. The third kappa shape index (κ3) is 7.37. The molecule has 0 aliphatic carbocycles. The SMILES string of the molecule is CCCCC[C@H]1C(=O)O[C@H](C)[C@H](NC(=O)c2cccc(NC=O)c2O)C(=O)O[C@@H](C)[C@@H]1OC(=O)c1ccccc1. The van der Waals surface area contributed by atoms with Crippen molar-refractivity contribution >= 4 is 35.9 Å². The van der Waals surface area contributed by atoms with E-state index in [2.05, 4.69) is 10.6 Å². The standard InChI is InChI=1S/C29H34N2O9/c1-4-5-7-13-21-25(40-27(35)19-11-8-6-9-12-19)18(3)39-29(37)23(17(2)38-28(21)36)31-26(34)20-14-10-15-22(24(20)33)30-16-32/h6,8-12,14-18,21,23,25,33H,4-5,7,13H2,1-3H3,(H,30,32)(H,31,34)/t17-,18+,21-,23+,25+/m1/s1. The highest BCUT2D eigenvalue weighted by Crippen LogP contribution is 2.29. The minimum Gasteiger partial charge on any atom is -0.505 e. The first-order valence-corrected chi connectivity index (χ1v) is 13.2. The third-order valence-electron chi connectivity index (χ3n) is 6.64. The Bertz CT molecular complexity index is 1220. The van der Waals surface area contributed by atoms with Crippen LogP contribution in [0.2, 0.25) is 0 Å². The molecule has 40 heavy (non-hydrogen) atoms. The van der Waals surface area contributed by atoms with E-state index in [1.165, 1.54) is 32.0 Å². The molecule has 11 heteroatoms. The van der Waals surface area contributed by atoms with Gasteiger partial charge in [0, 0.05) is 0 Å². The first-order valence-electron chi connectivity index (χ1n) is 13.2. The van der Waals surface area contributed by atoms with Crippen molar-refractivity contribution in [1.29, 1.82) is 0 Å². The first kappa shape index (κ1) is 30.1. The number of hydrogen-bond acceptors (Lipinski definition) is 9. The number of unbranched alkanes of at least 4 members (excludes halogenated alkanes) is 2. The summed E-state index contributed by atoms with van der Waals surface area (Å²) in [6.45, 7) is 4.95. The molecule has 2 aromatic rings. The number of carbonyl (C=O) groups excluding carboxylic acids is 5. The van der Waals surface area contributed by atoms with Crippen molar-refractivity contribution in [1.82, 2.24) is 5.32 Å². The fraction of sp³-hybridized carbons (Fsp3) is 0.414. The molecule has 0 saturated carbocycles. The van der Waals surface area contributed by atoms with E-state index < -0.39 is 59.8 Å². The van der Waals surface area contributed by atoms with Gasteiger partial charge in [0.15, 0.2) is 17.9 Å². The van der Waals surface area contributed by atoms with E-state index in [0.717, 1.165) is 12.8 Å². The topological polar surface area (TPSA) is 157 Å². The Morgan fingerprint density at radius 3 is 2.35 bits per heavy atom. The highest BCUT2D eigenvalue weighted by molar-refractivity contribution is 6.01. The van der Waals surface area contributed by atoms with E-state index in [-0.39, 0.29) is 16.8 Å². The molecule has 1 aliphatic heterocycles. The number of anilines is 1. The van der Waals surface area contributed by atoms with Crippen LogP contribution in [-0.2, 0) is 28.6 Å². The summed E-state index contributed by atoms with van der Waals surface area (Å²) in [6.07, 6.45) is -0.325. The average Bonchev–Trinajstić information content (AvgIpc) is 2.96. The second kappa shape index (κ2) is 14.1. The maximum absolute atomic E-state index is 13.4. The molecule has 0 radical (unpaired) electrons. The van der Waals surface area contributed by atoms with Crippen LogP contribution in [0.25, 0.3) is 0 Å². The predicted octanol–water partition coefficient (Wildman–Crippen LogP) is 3.36. The lowest BCUT2D eigenvalue weighted by Gasteiger charge is -2.29. The van der Waals surface area contributed by atoms with Gasteiger partial charge in [0.25, 0.3) is 5.91 Å². The van der Waals surface area contributed by atoms with E-state index in [9.17, 15) is 29.1 Å². The molecule has 1 saturated heterocycles.